The molecule has 4 fully saturated rings. The number of hydrogen-bond acceptors (Lipinski definition) is 8. The average molecular weight is 2070 g/mol. The Morgan fingerprint density at radius 2 is 0.648 bits per heavy atom. The molecule has 8 nitrogen and oxygen atoms in total. The number of carbonyl (C=O) groups is 3. The minimum absolute atomic E-state index is 0.0229. The molecule has 142 heavy (non-hydrogen) atoms. The molecule has 4 saturated heterocycles. The third-order valence-electron chi connectivity index (χ3n) is 23.8. The third kappa shape index (κ3) is 41.0. The van der Waals surface area contributed by atoms with Crippen LogP contribution in [-0.4, -0.2) is 133 Å². The van der Waals surface area contributed by atoms with Gasteiger partial charge < -0.3 is 25.2 Å². The van der Waals surface area contributed by atoms with Gasteiger partial charge in [-0.25, -0.2) is 0 Å². The van der Waals surface area contributed by atoms with Gasteiger partial charge in [-0.1, -0.05) is 226 Å². The number of phenols is 4. The Balaban J connectivity index is 0.000000165. The number of unbranched alkanes of at least 4 members (excludes halogenated alkanes) is 2. The van der Waals surface area contributed by atoms with Crippen molar-refractivity contribution in [2.24, 2.45) is 0 Å². The Hall–Kier alpha value is -9.76. The normalized spacial score (nSPS) is 13.4. The number of thiol groups is 1. The Labute approximate surface area is 878 Å². The number of aromatic hydroxyl groups is 4. The highest BCUT2D eigenvalue weighted by molar-refractivity contribution is 7.99. The average Bonchev–Trinajstić information content (AvgIpc) is 1.42. The van der Waals surface area contributed by atoms with E-state index in [1.54, 1.807) is 24.3 Å². The van der Waals surface area contributed by atoms with Crippen molar-refractivity contribution in [1.82, 2.24) is 0 Å². The fourth-order valence-corrected chi connectivity index (χ4v) is 32.0. The molecule has 0 radical (unpaired) electrons. The minimum atomic E-state index is -0.134. The third-order valence-corrected chi connectivity index (χ3v) is 41.4. The van der Waals surface area contributed by atoms with Crippen molar-refractivity contribution in [3.8, 4) is 28.7 Å². The van der Waals surface area contributed by atoms with E-state index in [-0.39, 0.29) is 38.5 Å². The van der Waals surface area contributed by atoms with Gasteiger partial charge in [-0.2, -0.15) is 0 Å². The summed E-state index contributed by atoms with van der Waals surface area (Å²) in [6.45, 7) is 13.5. The number of ether oxygens (including phenoxy) is 1. The lowest BCUT2D eigenvalue weighted by Crippen LogP contribution is -2.25. The molecular formula is C125H151O8S9+9. The summed E-state index contributed by atoms with van der Waals surface area (Å²) in [7, 11) is 2.04. The van der Waals surface area contributed by atoms with Crippen molar-refractivity contribution in [3.63, 3.8) is 0 Å². The maximum atomic E-state index is 11.9. The molecule has 17 heteroatoms. The largest absolute Gasteiger partial charge is 0.508 e. The van der Waals surface area contributed by atoms with Gasteiger partial charge in [0.25, 0.3) is 0 Å². The topological polar surface area (TPSA) is 141 Å². The first kappa shape index (κ1) is 114. The monoisotopic (exact) mass is 2070 g/mol. The van der Waals surface area contributed by atoms with Crippen LogP contribution in [0.25, 0.3) is 0 Å². The summed E-state index contributed by atoms with van der Waals surface area (Å²) in [5, 5.41) is 38.3. The molecule has 4 aliphatic heterocycles. The number of Topliss-reactive ketones (excluding diaryl/α,β-unsaturated/α-hetero) is 3. The van der Waals surface area contributed by atoms with Crippen LogP contribution >= 0.6 is 0 Å². The van der Waals surface area contributed by atoms with E-state index in [1.165, 1.54) is 229 Å². The molecule has 0 atom stereocenters. The van der Waals surface area contributed by atoms with Crippen LogP contribution in [-0.2, 0) is 112 Å². The highest BCUT2D eigenvalue weighted by Crippen LogP contribution is 2.37. The van der Waals surface area contributed by atoms with Crippen LogP contribution in [0.5, 0.6) is 28.7 Å². The van der Waals surface area contributed by atoms with Crippen molar-refractivity contribution < 1.29 is 39.5 Å². The molecule has 4 heterocycles. The maximum absolute atomic E-state index is 11.9. The van der Waals surface area contributed by atoms with Crippen molar-refractivity contribution in [2.75, 3.05) is 94.9 Å². The van der Waals surface area contributed by atoms with E-state index in [1.807, 2.05) is 159 Å². The number of rotatable bonds is 28. The number of phenolic OH excluding ortho intramolecular Hbond substituents is 4. The zero-order chi connectivity index (χ0) is 101. The minimum Gasteiger partial charge on any atom is -0.508 e. The van der Waals surface area contributed by atoms with Crippen molar-refractivity contribution in [3.05, 3.63) is 408 Å². The maximum Gasteiger partial charge on any atom is 0.211 e. The molecule has 0 bridgehead atoms. The molecule has 4 aliphatic rings. The van der Waals surface area contributed by atoms with Crippen molar-refractivity contribution in [2.45, 2.75) is 198 Å². The Bertz CT molecular complexity index is 5620. The van der Waals surface area contributed by atoms with Gasteiger partial charge in [0, 0.05) is 78.8 Å². The van der Waals surface area contributed by atoms with Gasteiger partial charge in [0.1, 0.15) is 87.3 Å². The molecule has 0 aliphatic carbocycles. The summed E-state index contributed by atoms with van der Waals surface area (Å²) in [4.78, 5) is 50.0. The highest BCUT2D eigenvalue weighted by Gasteiger charge is 2.34. The number of hydrogen-bond donors (Lipinski definition) is 4. The summed E-state index contributed by atoms with van der Waals surface area (Å²) in [6.07, 6.45) is 28.9. The van der Waals surface area contributed by atoms with Crippen LogP contribution in [0.1, 0.15) is 170 Å². The molecule has 18 rings (SSSR count). The van der Waals surface area contributed by atoms with Crippen molar-refractivity contribution in [1.29, 1.82) is 0 Å². The first-order valence-electron chi connectivity index (χ1n) is 50.1. The number of aryl methyl sites for hydroxylation is 5. The number of ketones is 3. The predicted octanol–water partition coefficient (Wildman–Crippen LogP) is 29.2. The molecule has 14 aromatic carbocycles. The molecule has 4 N–H and O–H groups in total. The summed E-state index contributed by atoms with van der Waals surface area (Å²) in [6, 6.07) is 122. The van der Waals surface area contributed by atoms with Gasteiger partial charge in [-0.15, -0.1) is 0 Å². The lowest BCUT2D eigenvalue weighted by Gasteiger charge is -2.14. The van der Waals surface area contributed by atoms with Gasteiger partial charge in [-0.3, -0.25) is 14.4 Å². The second kappa shape index (κ2) is 64.9. The predicted molar refractivity (Wildman–Crippen MR) is 624 cm³/mol. The first-order valence-corrected chi connectivity index (χ1v) is 64.3. The molecule has 14 aromatic rings. The Morgan fingerprint density at radius 3 is 1.01 bits per heavy atom. The fourth-order valence-electron chi connectivity index (χ4n) is 16.1. The van der Waals surface area contributed by atoms with E-state index in [4.69, 9.17) is 9.84 Å². The second-order valence-electron chi connectivity index (χ2n) is 35.8. The Kier molecular flexibility index (Phi) is 52.2. The first-order chi connectivity index (χ1) is 69.1. The van der Waals surface area contributed by atoms with E-state index >= 15 is 0 Å². The molecule has 0 aromatic heterocycles. The fraction of sp³-hybridized carbons (Fsp3) is 0.304. The quantitative estimate of drug-likeness (QED) is 0.0216. The molecule has 0 unspecified atom stereocenters. The second-order valence-corrected chi connectivity index (χ2v) is 54.6. The molecule has 0 amide bonds. The van der Waals surface area contributed by atoms with E-state index in [0.717, 1.165) is 53.4 Å². The highest BCUT2D eigenvalue weighted by atomic mass is 32.2. The van der Waals surface area contributed by atoms with Crippen LogP contribution in [0.15, 0.2) is 418 Å². The molecule has 744 valence electrons. The number of carbonyl (C=O) groups excluding carboxylic acids is 3. The molecule has 0 saturated carbocycles. The SMILES string of the molecule is CCCCc1cc([S+]2CCCC2)cc(CCCC)c1O.CCOc1ccc([SH+]c2ccc(C)cc2)cc1.C[S+](C)CC(=O)c1ccccc1.C[S+](C)c1ccc(O)cc1.Cc1cc(O)ccc1[S+]1CCCCC1.Cc1ccc([S+](c2ccccc2)c2ccccc2)cc1.O=C(C[S+]1CCCC1)c1ccccc1.O=C(C[S+]1CCCCC1)c1ccccc1.Oc1ccc([S+](c2ccccc2)c2ccccc2)cc1. The lowest BCUT2D eigenvalue weighted by molar-refractivity contribution is 0.101. The van der Waals surface area contributed by atoms with Crippen LogP contribution < -0.4 is 4.74 Å². The van der Waals surface area contributed by atoms with Gasteiger partial charge in [0.2, 0.25) is 17.3 Å². The van der Waals surface area contributed by atoms with E-state index in [0.29, 0.717) is 94.8 Å². The van der Waals surface area contributed by atoms with Crippen LogP contribution in [0.3, 0.4) is 0 Å². The van der Waals surface area contributed by atoms with Crippen LogP contribution in [0.4, 0.5) is 0 Å². The van der Waals surface area contributed by atoms with Gasteiger partial charge >= 0.3 is 0 Å². The summed E-state index contributed by atoms with van der Waals surface area (Å²) in [5.74, 6) is 16.3. The van der Waals surface area contributed by atoms with Crippen LogP contribution in [0, 0.1) is 20.8 Å². The zero-order valence-corrected chi connectivity index (χ0v) is 92.5. The summed E-state index contributed by atoms with van der Waals surface area (Å²) >= 11 is 1.24. The van der Waals surface area contributed by atoms with Crippen LogP contribution in [0.2, 0.25) is 0 Å². The van der Waals surface area contributed by atoms with Gasteiger partial charge in [0.15, 0.2) is 71.1 Å². The zero-order valence-electron chi connectivity index (χ0n) is 85.1. The molecular weight excluding hydrogens is 1920 g/mol. The Morgan fingerprint density at radius 1 is 0.331 bits per heavy atom. The van der Waals surface area contributed by atoms with E-state index in [9.17, 15) is 29.7 Å². The summed E-state index contributed by atoms with van der Waals surface area (Å²) < 4.78 is 5.42. The van der Waals surface area contributed by atoms with Gasteiger partial charge in [-0.05, 0) is 325 Å². The number of benzene rings is 14. The standard InChI is InChI=1S/C19H17S.C18H14OS.C18H28OS.C15H16OS.C13H17OS.C12H16OS.C12H15OS.C10H13OS.C8H10OS/c1-16-12-14-19(15-13-16)20(17-8-4-2-5-9-17)18-10-6-3-7-11-18;19-15-11-13-18(14-12-15)20(16-7-3-1-4-8-16)17-9-5-2-6-10-17;1-3-5-9-15-13-17(20-11-7-8-12-20)14-16(18(15)19)10-6-4-2;1-3-16-13-6-10-15(11-7-13)17-14-8-4-12(2)5-9-14;14-13(12-7-3-1-4-8-12)11-15-9-5-2-6-10-15;1-10-9-11(13)5-6-12(10)14-7-3-2-4-8-14;13-12(10-14-8-4-5-9-14)11-6-2-1-3-7-11;1-12(2)8-10(11)9-6-4-3-5-7-9;1-10(2)8-5-3-7(9)4-6-8/h2-15H,1H3;1-14H;13-14H,3-12H2,1-2H3;4-11H,3H2,1-2H3;1,3-4,7-8H,2,5-6,9-11H2;5-6,9H,2-4,7-8H2,1H3;1-3,6-7H,4-5,8-10H2;3-7H,8H2,1-2H3;3-6H,1-2H3/q+1;;;;+1;;2*+1;/p+5. The van der Waals surface area contributed by atoms with Crippen molar-refractivity contribution >= 4 is 116 Å². The summed E-state index contributed by atoms with van der Waals surface area (Å²) in [5.41, 5.74) is 8.87. The van der Waals surface area contributed by atoms with E-state index < -0.39 is 0 Å². The van der Waals surface area contributed by atoms with Gasteiger partial charge in [0.05, 0.1) is 40.9 Å². The smallest absolute Gasteiger partial charge is 0.211 e. The lowest BCUT2D eigenvalue weighted by atomic mass is 10.0. The molecule has 0 spiro atoms. The van der Waals surface area contributed by atoms with E-state index in [2.05, 4.69) is 248 Å².